The summed E-state index contributed by atoms with van der Waals surface area (Å²) in [6.45, 7) is 3.26. The molecule has 26 heavy (non-hydrogen) atoms. The van der Waals surface area contributed by atoms with Crippen molar-refractivity contribution in [2.24, 2.45) is 0 Å². The first kappa shape index (κ1) is 18.8. The molecule has 0 aliphatic carbocycles. The number of hydrogen-bond acceptors (Lipinski definition) is 6. The predicted octanol–water partition coefficient (Wildman–Crippen LogP) is -0.351. The van der Waals surface area contributed by atoms with Gasteiger partial charge in [0.25, 0.3) is 5.56 Å². The molecule has 0 aromatic carbocycles. The number of H-pyrrole nitrogens is 1. The van der Waals surface area contributed by atoms with Crippen LogP contribution in [-0.2, 0) is 18.8 Å². The van der Waals surface area contributed by atoms with Crippen molar-refractivity contribution in [1.82, 2.24) is 9.55 Å². The molecule has 0 amide bonds. The summed E-state index contributed by atoms with van der Waals surface area (Å²) in [6, 6.07) is 1.13. The van der Waals surface area contributed by atoms with Crippen LogP contribution >= 0.6 is 7.60 Å². The Hall–Kier alpha value is -1.99. The zero-order valence-electron chi connectivity index (χ0n) is 13.9. The zero-order valence-corrected chi connectivity index (χ0v) is 14.8. The minimum atomic E-state index is -4.52. The van der Waals surface area contributed by atoms with Crippen molar-refractivity contribution in [2.45, 2.75) is 43.7 Å². The molecule has 2 saturated heterocycles. The highest BCUT2D eigenvalue weighted by molar-refractivity contribution is 7.55. The maximum absolute atomic E-state index is 12.1. The lowest BCUT2D eigenvalue weighted by Crippen LogP contribution is -2.40. The molecule has 0 spiro atoms. The molecule has 3 heterocycles. The van der Waals surface area contributed by atoms with Gasteiger partial charge in [-0.2, -0.15) is 0 Å². The number of aromatic nitrogens is 2. The maximum atomic E-state index is 12.1. The van der Waals surface area contributed by atoms with E-state index in [9.17, 15) is 14.2 Å². The molecule has 1 aromatic heterocycles. The van der Waals surface area contributed by atoms with Crippen LogP contribution in [-0.4, -0.2) is 42.9 Å². The summed E-state index contributed by atoms with van der Waals surface area (Å²) in [7, 11) is -4.52. The Bertz CT molecular complexity index is 951. The van der Waals surface area contributed by atoms with E-state index in [4.69, 9.17) is 30.4 Å². The molecule has 140 valence electrons. The monoisotopic (exact) mass is 384 g/mol. The average Bonchev–Trinajstić information content (AvgIpc) is 2.97. The minimum absolute atomic E-state index is 0.589. The first-order valence-electron chi connectivity index (χ1n) is 7.55. The number of ether oxygens (including phenoxy) is 3. The normalized spacial score (nSPS) is 33.3. The average molecular weight is 384 g/mol. The molecular weight excluding hydrogens is 367 g/mol. The molecule has 10 nitrogen and oxygen atoms in total. The number of aromatic amines is 1. The Morgan fingerprint density at radius 3 is 2.62 bits per heavy atom. The molecule has 2 fully saturated rings. The first-order chi connectivity index (χ1) is 12.0. The molecule has 2 aliphatic rings. The Labute approximate surface area is 147 Å². The Morgan fingerprint density at radius 1 is 1.35 bits per heavy atom. The van der Waals surface area contributed by atoms with Gasteiger partial charge in [0, 0.05) is 18.1 Å². The van der Waals surface area contributed by atoms with Crippen LogP contribution in [0, 0.1) is 12.3 Å². The summed E-state index contributed by atoms with van der Waals surface area (Å²) in [5, 5.41) is 0. The highest BCUT2D eigenvalue weighted by Crippen LogP contribution is 2.49. The standard InChI is InChI=1S/C15H17N2O8P/c1-4-15(6-8-26(20,21)22)11-10(23-14(2,3)24-11)12(25-15)17-7-5-9(18)16-13(17)19/h1,5-8,10-12H,2-3H3,(H,16,18,19)(H2,20,21,22)/b8-6+/t10-,11+,12?,15?/m1/s1. The number of fused-ring (bicyclic) bond motifs is 1. The van der Waals surface area contributed by atoms with Gasteiger partial charge in [-0.05, 0) is 19.9 Å². The van der Waals surface area contributed by atoms with Crippen molar-refractivity contribution in [3.63, 3.8) is 0 Å². The summed E-state index contributed by atoms with van der Waals surface area (Å²) in [4.78, 5) is 43.8. The summed E-state index contributed by atoms with van der Waals surface area (Å²) < 4.78 is 29.7. The molecule has 3 N–H and O–H groups in total. The lowest BCUT2D eigenvalue weighted by Gasteiger charge is -2.28. The fourth-order valence-corrected chi connectivity index (χ4v) is 3.43. The van der Waals surface area contributed by atoms with E-state index >= 15 is 0 Å². The van der Waals surface area contributed by atoms with Gasteiger partial charge in [-0.1, -0.05) is 5.92 Å². The maximum Gasteiger partial charge on any atom is 0.348 e. The number of nitrogens with one attached hydrogen (secondary N) is 1. The van der Waals surface area contributed by atoms with E-state index in [0.717, 1.165) is 16.7 Å². The Kier molecular flexibility index (Phi) is 4.36. The SMILES string of the molecule is C#CC1(/C=C/P(=O)(O)O)OC(n2ccc(=O)[nH]c2=O)[C@@H]2OC(C)(C)O[C@@H]21. The highest BCUT2D eigenvalue weighted by Gasteiger charge is 2.62. The van der Waals surface area contributed by atoms with Gasteiger partial charge in [0.05, 0.1) is 0 Å². The molecule has 11 heteroatoms. The number of terminal acetylenes is 1. The lowest BCUT2D eigenvalue weighted by molar-refractivity contribution is -0.201. The summed E-state index contributed by atoms with van der Waals surface area (Å²) in [5.41, 5.74) is -3.02. The van der Waals surface area contributed by atoms with Crippen LogP contribution < -0.4 is 11.2 Å². The van der Waals surface area contributed by atoms with Crippen LogP contribution in [0.5, 0.6) is 0 Å². The smallest absolute Gasteiger partial charge is 0.340 e. The lowest BCUT2D eigenvalue weighted by atomic mass is 9.96. The van der Waals surface area contributed by atoms with E-state index in [1.54, 1.807) is 13.8 Å². The van der Waals surface area contributed by atoms with Gasteiger partial charge >= 0.3 is 13.3 Å². The van der Waals surface area contributed by atoms with Crippen LogP contribution in [0.15, 0.2) is 33.7 Å². The predicted molar refractivity (Wildman–Crippen MR) is 88.0 cm³/mol. The van der Waals surface area contributed by atoms with Crippen LogP contribution in [0.3, 0.4) is 0 Å². The number of nitrogens with zero attached hydrogens (tertiary/aromatic N) is 1. The van der Waals surface area contributed by atoms with Crippen molar-refractivity contribution in [1.29, 1.82) is 0 Å². The minimum Gasteiger partial charge on any atom is -0.340 e. The quantitative estimate of drug-likeness (QED) is 0.475. The van der Waals surface area contributed by atoms with Crippen LogP contribution in [0.1, 0.15) is 20.1 Å². The Balaban J connectivity index is 2.10. The van der Waals surface area contributed by atoms with Crippen LogP contribution in [0.2, 0.25) is 0 Å². The second-order valence-corrected chi connectivity index (χ2v) is 7.87. The van der Waals surface area contributed by atoms with E-state index in [1.165, 1.54) is 6.20 Å². The summed E-state index contributed by atoms with van der Waals surface area (Å²) in [5.74, 6) is 1.90. The Morgan fingerprint density at radius 2 is 2.04 bits per heavy atom. The summed E-state index contributed by atoms with van der Waals surface area (Å²) in [6.07, 6.45) is 4.97. The molecular formula is C15H17N2O8P. The molecule has 3 rings (SSSR count). The topological polar surface area (TPSA) is 140 Å². The van der Waals surface area contributed by atoms with Gasteiger partial charge in [0.1, 0.15) is 12.2 Å². The third-order valence-corrected chi connectivity index (χ3v) is 4.55. The largest absolute Gasteiger partial charge is 0.348 e. The van der Waals surface area contributed by atoms with Gasteiger partial charge in [0.15, 0.2) is 17.6 Å². The molecule has 0 radical (unpaired) electrons. The molecule has 0 saturated carbocycles. The summed E-state index contributed by atoms with van der Waals surface area (Å²) >= 11 is 0. The van der Waals surface area contributed by atoms with E-state index in [0.29, 0.717) is 5.82 Å². The third-order valence-electron chi connectivity index (χ3n) is 4.02. The first-order valence-corrected chi connectivity index (χ1v) is 9.23. The van der Waals surface area contributed by atoms with Gasteiger partial charge in [-0.25, -0.2) is 4.79 Å². The van der Waals surface area contributed by atoms with Crippen molar-refractivity contribution in [2.75, 3.05) is 0 Å². The highest BCUT2D eigenvalue weighted by atomic mass is 31.2. The molecule has 4 atom stereocenters. The molecule has 0 bridgehead atoms. The van der Waals surface area contributed by atoms with Gasteiger partial charge < -0.3 is 24.0 Å². The van der Waals surface area contributed by atoms with Crippen molar-refractivity contribution >= 4 is 7.60 Å². The van der Waals surface area contributed by atoms with Crippen LogP contribution in [0.4, 0.5) is 0 Å². The number of rotatable bonds is 3. The van der Waals surface area contributed by atoms with Crippen molar-refractivity contribution in [3.05, 3.63) is 45.0 Å². The van der Waals surface area contributed by atoms with Gasteiger partial charge in [-0.3, -0.25) is 18.9 Å². The van der Waals surface area contributed by atoms with Gasteiger partial charge in [0.2, 0.25) is 0 Å². The van der Waals surface area contributed by atoms with Crippen LogP contribution in [0.25, 0.3) is 0 Å². The second-order valence-electron chi connectivity index (χ2n) is 6.39. The second kappa shape index (κ2) is 6.03. The van der Waals surface area contributed by atoms with E-state index in [1.807, 2.05) is 0 Å². The molecule has 1 aromatic rings. The van der Waals surface area contributed by atoms with E-state index in [-0.39, 0.29) is 0 Å². The molecule has 2 unspecified atom stereocenters. The fraction of sp³-hybridized carbons (Fsp3) is 0.467. The number of hydrogen-bond donors (Lipinski definition) is 3. The van der Waals surface area contributed by atoms with Crippen molar-refractivity contribution in [3.8, 4) is 12.3 Å². The zero-order chi connectivity index (χ0) is 19.3. The third kappa shape index (κ3) is 3.33. The van der Waals surface area contributed by atoms with Gasteiger partial charge in [-0.15, -0.1) is 6.42 Å². The van der Waals surface area contributed by atoms with E-state index in [2.05, 4.69) is 10.9 Å². The molecule has 2 aliphatic heterocycles. The van der Waals surface area contributed by atoms with E-state index < -0.39 is 48.7 Å². The fourth-order valence-electron chi connectivity index (χ4n) is 3.01. The van der Waals surface area contributed by atoms with Crippen molar-refractivity contribution < 1.29 is 28.6 Å².